The topological polar surface area (TPSA) is 34.1 Å². The molecular weight excluding hydrogens is 291 g/mol. The van der Waals surface area contributed by atoms with E-state index >= 15 is 0 Å². The molecule has 0 amide bonds. The molecule has 0 aliphatic carbocycles. The lowest BCUT2D eigenvalue weighted by Crippen LogP contribution is -1.92. The van der Waals surface area contributed by atoms with E-state index < -0.39 is 9.05 Å². The number of halogens is 2. The Bertz CT molecular complexity index is 694. The Hall–Kier alpha value is -1.03. The number of benzene rings is 2. The van der Waals surface area contributed by atoms with Crippen LogP contribution in [0.15, 0.2) is 47.4 Å². The molecule has 0 heterocycles. The molecule has 0 aromatic heterocycles. The summed E-state index contributed by atoms with van der Waals surface area (Å²) in [6.07, 6.45) is 0. The molecule has 0 fully saturated rings. The summed E-state index contributed by atoms with van der Waals surface area (Å²) in [5.74, 6) is 0. The van der Waals surface area contributed by atoms with Gasteiger partial charge in [0, 0.05) is 15.7 Å². The average molecular weight is 301 g/mol. The van der Waals surface area contributed by atoms with Gasteiger partial charge in [-0.3, -0.25) is 0 Å². The molecule has 0 atom stereocenters. The van der Waals surface area contributed by atoms with Crippen molar-refractivity contribution < 1.29 is 8.42 Å². The molecule has 0 saturated carbocycles. The third-order valence-electron chi connectivity index (χ3n) is 2.62. The minimum Gasteiger partial charge on any atom is -0.207 e. The van der Waals surface area contributed by atoms with Crippen molar-refractivity contribution in [1.29, 1.82) is 0 Å². The van der Waals surface area contributed by atoms with Crippen LogP contribution in [0.4, 0.5) is 0 Å². The van der Waals surface area contributed by atoms with Crippen LogP contribution in [0.2, 0.25) is 5.02 Å². The highest BCUT2D eigenvalue weighted by molar-refractivity contribution is 8.13. The van der Waals surface area contributed by atoms with E-state index in [4.69, 9.17) is 22.3 Å². The van der Waals surface area contributed by atoms with E-state index in [0.717, 1.165) is 16.7 Å². The molecule has 0 unspecified atom stereocenters. The number of hydrogen-bond donors (Lipinski definition) is 0. The normalized spacial score (nSPS) is 11.5. The molecule has 5 heteroatoms. The molecule has 2 aromatic rings. The zero-order chi connectivity index (χ0) is 13.3. The zero-order valence-electron chi connectivity index (χ0n) is 9.52. The fourth-order valence-electron chi connectivity index (χ4n) is 1.77. The van der Waals surface area contributed by atoms with E-state index in [9.17, 15) is 8.42 Å². The van der Waals surface area contributed by atoms with Crippen molar-refractivity contribution >= 4 is 31.3 Å². The molecule has 0 N–H and O–H groups in total. The smallest absolute Gasteiger partial charge is 0.207 e. The maximum absolute atomic E-state index is 11.2. The third-order valence-corrected chi connectivity index (χ3v) is 4.20. The number of rotatable bonds is 2. The molecule has 0 radical (unpaired) electrons. The Morgan fingerprint density at radius 2 is 1.78 bits per heavy atom. The predicted molar refractivity (Wildman–Crippen MR) is 74.7 cm³/mol. The first-order chi connectivity index (χ1) is 8.38. The maximum Gasteiger partial charge on any atom is 0.261 e. The van der Waals surface area contributed by atoms with E-state index in [2.05, 4.69) is 0 Å². The van der Waals surface area contributed by atoms with Crippen molar-refractivity contribution in [2.24, 2.45) is 0 Å². The second-order valence-corrected chi connectivity index (χ2v) is 6.93. The van der Waals surface area contributed by atoms with Gasteiger partial charge in [0.2, 0.25) is 0 Å². The van der Waals surface area contributed by atoms with Gasteiger partial charge in [0.05, 0.1) is 4.90 Å². The largest absolute Gasteiger partial charge is 0.261 e. The van der Waals surface area contributed by atoms with Crippen LogP contribution in [0.5, 0.6) is 0 Å². The molecule has 0 aliphatic heterocycles. The van der Waals surface area contributed by atoms with E-state index in [-0.39, 0.29) is 4.90 Å². The van der Waals surface area contributed by atoms with Crippen molar-refractivity contribution in [2.75, 3.05) is 0 Å². The zero-order valence-corrected chi connectivity index (χ0v) is 11.9. The molecule has 2 aromatic carbocycles. The van der Waals surface area contributed by atoms with Crippen molar-refractivity contribution in [3.63, 3.8) is 0 Å². The van der Waals surface area contributed by atoms with Crippen LogP contribution in [-0.2, 0) is 9.05 Å². The first-order valence-corrected chi connectivity index (χ1v) is 7.88. The Morgan fingerprint density at radius 3 is 2.33 bits per heavy atom. The minimum absolute atomic E-state index is 0.104. The summed E-state index contributed by atoms with van der Waals surface area (Å²) in [6, 6.07) is 12.2. The van der Waals surface area contributed by atoms with Gasteiger partial charge in [0.15, 0.2) is 0 Å². The van der Waals surface area contributed by atoms with Crippen LogP contribution in [0.3, 0.4) is 0 Å². The molecule has 0 spiro atoms. The highest BCUT2D eigenvalue weighted by Crippen LogP contribution is 2.28. The SMILES string of the molecule is Cc1cc(S(=O)(=O)Cl)ccc1-c1cccc(Cl)c1. The van der Waals surface area contributed by atoms with E-state index in [1.807, 2.05) is 25.1 Å². The van der Waals surface area contributed by atoms with Gasteiger partial charge in [-0.05, 0) is 47.9 Å². The fourth-order valence-corrected chi connectivity index (χ4v) is 2.79. The van der Waals surface area contributed by atoms with Crippen LogP contribution in [0.1, 0.15) is 5.56 Å². The Balaban J connectivity index is 2.55. The van der Waals surface area contributed by atoms with Crippen molar-refractivity contribution in [3.05, 3.63) is 53.1 Å². The summed E-state index contributed by atoms with van der Waals surface area (Å²) in [7, 11) is 1.62. The average Bonchev–Trinajstić information content (AvgIpc) is 2.27. The molecule has 0 aliphatic rings. The summed E-state index contributed by atoms with van der Waals surface area (Å²) in [4.78, 5) is 0.104. The number of aryl methyl sites for hydroxylation is 1. The van der Waals surface area contributed by atoms with Gasteiger partial charge in [-0.1, -0.05) is 29.8 Å². The van der Waals surface area contributed by atoms with E-state index in [0.29, 0.717) is 5.02 Å². The van der Waals surface area contributed by atoms with Gasteiger partial charge in [-0.15, -0.1) is 0 Å². The predicted octanol–water partition coefficient (Wildman–Crippen LogP) is 4.24. The second kappa shape index (κ2) is 4.92. The molecule has 18 heavy (non-hydrogen) atoms. The quantitative estimate of drug-likeness (QED) is 0.777. The van der Waals surface area contributed by atoms with Crippen molar-refractivity contribution in [3.8, 4) is 11.1 Å². The minimum atomic E-state index is -3.69. The second-order valence-electron chi connectivity index (χ2n) is 3.92. The Morgan fingerprint density at radius 1 is 1.06 bits per heavy atom. The summed E-state index contributed by atoms with van der Waals surface area (Å²) in [5.41, 5.74) is 2.71. The Labute approximate surface area is 116 Å². The van der Waals surface area contributed by atoms with Gasteiger partial charge < -0.3 is 0 Å². The van der Waals surface area contributed by atoms with Crippen LogP contribution in [-0.4, -0.2) is 8.42 Å². The van der Waals surface area contributed by atoms with Gasteiger partial charge in [0.1, 0.15) is 0 Å². The van der Waals surface area contributed by atoms with Crippen molar-refractivity contribution in [1.82, 2.24) is 0 Å². The van der Waals surface area contributed by atoms with E-state index in [1.54, 1.807) is 18.2 Å². The van der Waals surface area contributed by atoms with Crippen LogP contribution in [0.25, 0.3) is 11.1 Å². The first kappa shape index (κ1) is 13.4. The highest BCUT2D eigenvalue weighted by Gasteiger charge is 2.12. The van der Waals surface area contributed by atoms with Crippen molar-refractivity contribution in [2.45, 2.75) is 11.8 Å². The fraction of sp³-hybridized carbons (Fsp3) is 0.0769. The Kier molecular flexibility index (Phi) is 3.66. The molecule has 94 valence electrons. The number of hydrogen-bond acceptors (Lipinski definition) is 2. The molecule has 0 bridgehead atoms. The van der Waals surface area contributed by atoms with Gasteiger partial charge in [-0.25, -0.2) is 8.42 Å². The summed E-state index contributed by atoms with van der Waals surface area (Å²) >= 11 is 5.93. The molecule has 2 nitrogen and oxygen atoms in total. The molecule has 2 rings (SSSR count). The van der Waals surface area contributed by atoms with Gasteiger partial charge in [0.25, 0.3) is 9.05 Å². The van der Waals surface area contributed by atoms with Crippen LogP contribution >= 0.6 is 22.3 Å². The monoisotopic (exact) mass is 300 g/mol. The lowest BCUT2D eigenvalue weighted by molar-refractivity contribution is 0.609. The van der Waals surface area contributed by atoms with Gasteiger partial charge in [-0.2, -0.15) is 0 Å². The third kappa shape index (κ3) is 2.86. The molecular formula is C13H10Cl2O2S. The molecule has 0 saturated heterocycles. The summed E-state index contributed by atoms with van der Waals surface area (Å²) in [5, 5.41) is 0.640. The first-order valence-electron chi connectivity index (χ1n) is 5.19. The van der Waals surface area contributed by atoms with Gasteiger partial charge >= 0.3 is 0 Å². The highest BCUT2D eigenvalue weighted by atomic mass is 35.7. The summed E-state index contributed by atoms with van der Waals surface area (Å²) in [6.45, 7) is 1.84. The van der Waals surface area contributed by atoms with Crippen LogP contribution < -0.4 is 0 Å². The lowest BCUT2D eigenvalue weighted by atomic mass is 10.0. The lowest BCUT2D eigenvalue weighted by Gasteiger charge is -2.07. The van der Waals surface area contributed by atoms with Crippen LogP contribution in [0, 0.1) is 6.92 Å². The summed E-state index contributed by atoms with van der Waals surface area (Å²) < 4.78 is 22.5. The van der Waals surface area contributed by atoms with E-state index in [1.165, 1.54) is 6.07 Å². The standard InChI is InChI=1S/C13H10Cl2O2S/c1-9-7-12(18(15,16)17)5-6-13(9)10-3-2-4-11(14)8-10/h2-8H,1H3. The maximum atomic E-state index is 11.2.